The first-order valence-electron chi connectivity index (χ1n) is 8.62. The van der Waals surface area contributed by atoms with Crippen molar-refractivity contribution < 1.29 is 4.79 Å². The van der Waals surface area contributed by atoms with E-state index < -0.39 is 0 Å². The molecule has 0 unspecified atom stereocenters. The molecule has 2 aromatic rings. The van der Waals surface area contributed by atoms with Gasteiger partial charge in [0.1, 0.15) is 5.82 Å². The average Bonchev–Trinajstić information content (AvgIpc) is 2.68. The molecule has 1 fully saturated rings. The van der Waals surface area contributed by atoms with Gasteiger partial charge in [-0.05, 0) is 24.3 Å². The van der Waals surface area contributed by atoms with E-state index in [1.54, 1.807) is 11.0 Å². The molecule has 3 rings (SSSR count). The zero-order valence-corrected chi connectivity index (χ0v) is 14.4. The number of rotatable bonds is 6. The van der Waals surface area contributed by atoms with Crippen LogP contribution >= 0.6 is 0 Å². The largest absolute Gasteiger partial charge is 0.354 e. The third kappa shape index (κ3) is 4.45. The molecule has 0 bridgehead atoms. The number of carbonyl (C=O) groups excluding carboxylic acids is 1. The standard InChI is InChI=1S/C20H24N4O/c1-2-12-24(18-8-4-3-5-9-18)20(25)17-22-13-15-23(16-14-22)19-10-6-7-11-21-19/h2-11H,1,12-17H2. The predicted molar refractivity (Wildman–Crippen MR) is 102 cm³/mol. The highest BCUT2D eigenvalue weighted by Crippen LogP contribution is 2.15. The first-order valence-corrected chi connectivity index (χ1v) is 8.62. The summed E-state index contributed by atoms with van der Waals surface area (Å²) in [4.78, 5) is 23.4. The summed E-state index contributed by atoms with van der Waals surface area (Å²) in [5, 5.41) is 0. The van der Waals surface area contributed by atoms with Gasteiger partial charge in [-0.3, -0.25) is 9.69 Å². The third-order valence-electron chi connectivity index (χ3n) is 4.39. The Morgan fingerprint density at radius 3 is 2.44 bits per heavy atom. The molecular formula is C20H24N4O. The van der Waals surface area contributed by atoms with E-state index in [9.17, 15) is 4.79 Å². The second kappa shape index (κ2) is 8.44. The summed E-state index contributed by atoms with van der Waals surface area (Å²) < 4.78 is 0. The molecule has 1 amide bonds. The van der Waals surface area contributed by atoms with E-state index in [1.807, 2.05) is 54.7 Å². The van der Waals surface area contributed by atoms with Crippen LogP contribution < -0.4 is 9.80 Å². The van der Waals surface area contributed by atoms with Gasteiger partial charge in [-0.25, -0.2) is 4.98 Å². The summed E-state index contributed by atoms with van der Waals surface area (Å²) in [7, 11) is 0. The van der Waals surface area contributed by atoms with Gasteiger partial charge in [0.15, 0.2) is 0 Å². The van der Waals surface area contributed by atoms with Crippen molar-refractivity contribution in [3.63, 3.8) is 0 Å². The van der Waals surface area contributed by atoms with Gasteiger partial charge in [0.05, 0.1) is 6.54 Å². The lowest BCUT2D eigenvalue weighted by molar-refractivity contribution is -0.119. The van der Waals surface area contributed by atoms with Crippen LogP contribution in [0.5, 0.6) is 0 Å². The van der Waals surface area contributed by atoms with Crippen LogP contribution in [0.15, 0.2) is 67.4 Å². The number of amides is 1. The Morgan fingerprint density at radius 2 is 1.80 bits per heavy atom. The second-order valence-electron chi connectivity index (χ2n) is 6.08. The summed E-state index contributed by atoms with van der Waals surface area (Å²) >= 11 is 0. The molecule has 0 aliphatic carbocycles. The molecule has 0 radical (unpaired) electrons. The Labute approximate surface area is 149 Å². The minimum Gasteiger partial charge on any atom is -0.354 e. The summed E-state index contributed by atoms with van der Waals surface area (Å²) in [5.74, 6) is 1.11. The first-order chi connectivity index (χ1) is 12.3. The molecule has 1 aromatic heterocycles. The lowest BCUT2D eigenvalue weighted by atomic mass is 10.2. The van der Waals surface area contributed by atoms with Crippen molar-refractivity contribution in [1.82, 2.24) is 9.88 Å². The lowest BCUT2D eigenvalue weighted by Gasteiger charge is -2.35. The van der Waals surface area contributed by atoms with Crippen molar-refractivity contribution in [2.24, 2.45) is 0 Å². The van der Waals surface area contributed by atoms with Crippen molar-refractivity contribution in [2.45, 2.75) is 0 Å². The van der Waals surface area contributed by atoms with Crippen LogP contribution in [-0.4, -0.2) is 55.1 Å². The Kier molecular flexibility index (Phi) is 5.80. The zero-order chi connectivity index (χ0) is 17.5. The number of hydrogen-bond donors (Lipinski definition) is 0. The normalized spacial score (nSPS) is 15.0. The molecule has 1 saturated heterocycles. The van der Waals surface area contributed by atoms with Crippen molar-refractivity contribution in [3.05, 3.63) is 67.4 Å². The van der Waals surface area contributed by atoms with Crippen LogP contribution in [0.4, 0.5) is 11.5 Å². The van der Waals surface area contributed by atoms with Crippen molar-refractivity contribution >= 4 is 17.4 Å². The zero-order valence-electron chi connectivity index (χ0n) is 14.4. The van der Waals surface area contributed by atoms with Crippen LogP contribution in [0.3, 0.4) is 0 Å². The van der Waals surface area contributed by atoms with E-state index in [0.717, 1.165) is 37.7 Å². The molecule has 1 aliphatic heterocycles. The van der Waals surface area contributed by atoms with Gasteiger partial charge in [-0.15, -0.1) is 6.58 Å². The molecule has 0 saturated carbocycles. The van der Waals surface area contributed by atoms with E-state index in [0.29, 0.717) is 13.1 Å². The summed E-state index contributed by atoms with van der Waals surface area (Å²) in [5.41, 5.74) is 0.916. The molecule has 2 heterocycles. The molecule has 25 heavy (non-hydrogen) atoms. The summed E-state index contributed by atoms with van der Waals surface area (Å²) in [6.45, 7) is 8.22. The molecule has 130 valence electrons. The fraction of sp³-hybridized carbons (Fsp3) is 0.300. The fourth-order valence-electron chi connectivity index (χ4n) is 3.04. The smallest absolute Gasteiger partial charge is 0.241 e. The molecule has 1 aliphatic rings. The van der Waals surface area contributed by atoms with Gasteiger partial charge < -0.3 is 9.80 Å². The van der Waals surface area contributed by atoms with E-state index in [4.69, 9.17) is 0 Å². The summed E-state index contributed by atoms with van der Waals surface area (Å²) in [6.07, 6.45) is 3.59. The molecule has 0 N–H and O–H groups in total. The molecule has 1 aromatic carbocycles. The van der Waals surface area contributed by atoms with E-state index >= 15 is 0 Å². The molecule has 0 atom stereocenters. The first kappa shape index (κ1) is 17.2. The number of anilines is 2. The van der Waals surface area contributed by atoms with E-state index in [1.165, 1.54) is 0 Å². The van der Waals surface area contributed by atoms with Crippen LogP contribution in [0.25, 0.3) is 0 Å². The van der Waals surface area contributed by atoms with Gasteiger partial charge >= 0.3 is 0 Å². The maximum atomic E-state index is 12.8. The Hall–Kier alpha value is -2.66. The molecule has 0 spiro atoms. The van der Waals surface area contributed by atoms with Gasteiger partial charge in [0.25, 0.3) is 0 Å². The van der Waals surface area contributed by atoms with Crippen LogP contribution in [0.2, 0.25) is 0 Å². The quantitative estimate of drug-likeness (QED) is 0.760. The minimum atomic E-state index is 0.109. The van der Waals surface area contributed by atoms with Gasteiger partial charge in [0, 0.05) is 44.6 Å². The number of para-hydroxylation sites is 1. The SMILES string of the molecule is C=CCN(C(=O)CN1CCN(c2ccccn2)CC1)c1ccccc1. The monoisotopic (exact) mass is 336 g/mol. The highest BCUT2D eigenvalue weighted by atomic mass is 16.2. The topological polar surface area (TPSA) is 39.7 Å². The molecular weight excluding hydrogens is 312 g/mol. The van der Waals surface area contributed by atoms with E-state index in [2.05, 4.69) is 21.4 Å². The highest BCUT2D eigenvalue weighted by Gasteiger charge is 2.22. The van der Waals surface area contributed by atoms with Crippen molar-refractivity contribution in [2.75, 3.05) is 49.1 Å². The number of hydrogen-bond acceptors (Lipinski definition) is 4. The van der Waals surface area contributed by atoms with E-state index in [-0.39, 0.29) is 5.91 Å². The van der Waals surface area contributed by atoms with Gasteiger partial charge in [-0.2, -0.15) is 0 Å². The summed E-state index contributed by atoms with van der Waals surface area (Å²) in [6, 6.07) is 15.7. The van der Waals surface area contributed by atoms with Crippen LogP contribution in [0.1, 0.15) is 0 Å². The molecule has 5 heteroatoms. The maximum absolute atomic E-state index is 12.8. The number of benzene rings is 1. The fourth-order valence-corrected chi connectivity index (χ4v) is 3.04. The van der Waals surface area contributed by atoms with Crippen molar-refractivity contribution in [1.29, 1.82) is 0 Å². The predicted octanol–water partition coefficient (Wildman–Crippen LogP) is 2.42. The number of nitrogens with zero attached hydrogens (tertiary/aromatic N) is 4. The second-order valence-corrected chi connectivity index (χ2v) is 6.08. The minimum absolute atomic E-state index is 0.109. The number of carbonyl (C=O) groups is 1. The lowest BCUT2D eigenvalue weighted by Crippen LogP contribution is -2.50. The van der Waals surface area contributed by atoms with Crippen molar-refractivity contribution in [3.8, 4) is 0 Å². The number of pyridine rings is 1. The maximum Gasteiger partial charge on any atom is 0.241 e. The Morgan fingerprint density at radius 1 is 1.08 bits per heavy atom. The van der Waals surface area contributed by atoms with Crippen LogP contribution in [0, 0.1) is 0 Å². The molecule has 5 nitrogen and oxygen atoms in total. The Bertz CT molecular complexity index is 681. The third-order valence-corrected chi connectivity index (χ3v) is 4.39. The van der Waals surface area contributed by atoms with Gasteiger partial charge in [0.2, 0.25) is 5.91 Å². The number of piperazine rings is 1. The van der Waals surface area contributed by atoms with Crippen LogP contribution in [-0.2, 0) is 4.79 Å². The number of aromatic nitrogens is 1. The van der Waals surface area contributed by atoms with Gasteiger partial charge in [-0.1, -0.05) is 30.3 Å². The Balaban J connectivity index is 1.57. The highest BCUT2D eigenvalue weighted by molar-refractivity contribution is 5.95. The average molecular weight is 336 g/mol.